The van der Waals surface area contributed by atoms with Crippen molar-refractivity contribution in [2.24, 2.45) is 0 Å². The number of ether oxygens (including phenoxy) is 1. The maximum Gasteiger partial charge on any atom is 0.119 e. The third-order valence-electron chi connectivity index (χ3n) is 4.50. The molecule has 0 heterocycles. The fraction of sp³-hybridized carbons (Fsp3) is 0.217. The lowest BCUT2D eigenvalue weighted by atomic mass is 9.93. The van der Waals surface area contributed by atoms with Gasteiger partial charge in [-0.05, 0) is 61.1 Å². The summed E-state index contributed by atoms with van der Waals surface area (Å²) in [6.45, 7) is 1.46. The predicted molar refractivity (Wildman–Crippen MR) is 116 cm³/mol. The number of rotatable bonds is 7. The summed E-state index contributed by atoms with van der Waals surface area (Å²) >= 11 is 3.60. The Morgan fingerprint density at radius 3 is 2.29 bits per heavy atom. The number of aliphatic hydroxyl groups is 1. The first-order chi connectivity index (χ1) is 13.5. The molecule has 146 valence electrons. The standard InChI is InChI=1S/C23H24BrNO3/c1-25(2)14-15-28-19-12-8-17(9-13-19)23(27)20-4-3-5-21(24)22(20)16-6-10-18(26)11-7-16/h3-13,23,26-27H,14-15H2,1-2H3. The Labute approximate surface area is 174 Å². The maximum absolute atomic E-state index is 11.0. The van der Waals surface area contributed by atoms with Crippen molar-refractivity contribution in [2.45, 2.75) is 6.10 Å². The molecule has 3 aromatic rings. The van der Waals surface area contributed by atoms with E-state index in [0.717, 1.165) is 39.0 Å². The van der Waals surface area contributed by atoms with E-state index in [2.05, 4.69) is 20.8 Å². The zero-order chi connectivity index (χ0) is 20.1. The Balaban J connectivity index is 1.85. The Hall–Kier alpha value is -2.34. The molecule has 0 aliphatic rings. The van der Waals surface area contributed by atoms with Crippen LogP contribution in [-0.2, 0) is 0 Å². The van der Waals surface area contributed by atoms with Crippen molar-refractivity contribution < 1.29 is 14.9 Å². The van der Waals surface area contributed by atoms with Crippen molar-refractivity contribution >= 4 is 15.9 Å². The van der Waals surface area contributed by atoms with Gasteiger partial charge in [0.1, 0.15) is 24.2 Å². The normalized spacial score (nSPS) is 12.2. The van der Waals surface area contributed by atoms with Crippen molar-refractivity contribution in [3.05, 3.63) is 82.3 Å². The number of hydrogen-bond acceptors (Lipinski definition) is 4. The van der Waals surface area contributed by atoms with Crippen molar-refractivity contribution in [2.75, 3.05) is 27.2 Å². The van der Waals surface area contributed by atoms with Gasteiger partial charge in [-0.2, -0.15) is 0 Å². The molecule has 0 spiro atoms. The highest BCUT2D eigenvalue weighted by Crippen LogP contribution is 2.37. The molecule has 1 unspecified atom stereocenters. The lowest BCUT2D eigenvalue weighted by Crippen LogP contribution is -2.19. The molecule has 5 heteroatoms. The molecule has 0 saturated heterocycles. The van der Waals surface area contributed by atoms with Gasteiger partial charge in [0.15, 0.2) is 0 Å². The van der Waals surface area contributed by atoms with E-state index >= 15 is 0 Å². The fourth-order valence-electron chi connectivity index (χ4n) is 2.97. The minimum Gasteiger partial charge on any atom is -0.508 e. The summed E-state index contributed by atoms with van der Waals surface area (Å²) in [5.41, 5.74) is 3.41. The Morgan fingerprint density at radius 1 is 0.964 bits per heavy atom. The zero-order valence-corrected chi connectivity index (χ0v) is 17.6. The summed E-state index contributed by atoms with van der Waals surface area (Å²) < 4.78 is 6.61. The van der Waals surface area contributed by atoms with Gasteiger partial charge in [-0.25, -0.2) is 0 Å². The highest BCUT2D eigenvalue weighted by molar-refractivity contribution is 9.10. The minimum absolute atomic E-state index is 0.211. The quantitative estimate of drug-likeness (QED) is 0.550. The van der Waals surface area contributed by atoms with Crippen LogP contribution in [0, 0.1) is 0 Å². The van der Waals surface area contributed by atoms with Gasteiger partial charge in [0.05, 0.1) is 0 Å². The molecule has 0 aromatic heterocycles. The van der Waals surface area contributed by atoms with E-state index in [0.29, 0.717) is 6.61 Å². The summed E-state index contributed by atoms with van der Waals surface area (Å²) in [4.78, 5) is 2.07. The molecule has 28 heavy (non-hydrogen) atoms. The van der Waals surface area contributed by atoms with Crippen LogP contribution in [0.1, 0.15) is 17.2 Å². The molecule has 0 bridgehead atoms. The molecule has 0 amide bonds. The van der Waals surface area contributed by atoms with E-state index in [-0.39, 0.29) is 5.75 Å². The predicted octanol–water partition coefficient (Wildman–Crippen LogP) is 4.84. The zero-order valence-electron chi connectivity index (χ0n) is 16.0. The smallest absolute Gasteiger partial charge is 0.119 e. The average Bonchev–Trinajstić information content (AvgIpc) is 2.68. The van der Waals surface area contributed by atoms with Crippen LogP contribution in [0.15, 0.2) is 71.2 Å². The van der Waals surface area contributed by atoms with Gasteiger partial charge >= 0.3 is 0 Å². The van der Waals surface area contributed by atoms with E-state index in [1.807, 2.05) is 68.7 Å². The van der Waals surface area contributed by atoms with Crippen LogP contribution in [0.25, 0.3) is 11.1 Å². The monoisotopic (exact) mass is 441 g/mol. The van der Waals surface area contributed by atoms with Crippen LogP contribution in [0.2, 0.25) is 0 Å². The highest BCUT2D eigenvalue weighted by Gasteiger charge is 2.18. The first-order valence-electron chi connectivity index (χ1n) is 9.09. The summed E-state index contributed by atoms with van der Waals surface area (Å²) in [5, 5.41) is 20.6. The van der Waals surface area contributed by atoms with Crippen molar-refractivity contribution in [1.82, 2.24) is 4.90 Å². The van der Waals surface area contributed by atoms with E-state index < -0.39 is 6.10 Å². The molecular formula is C23H24BrNO3. The third kappa shape index (κ3) is 4.93. The molecule has 4 nitrogen and oxygen atoms in total. The molecule has 1 atom stereocenters. The van der Waals surface area contributed by atoms with Crippen LogP contribution in [0.3, 0.4) is 0 Å². The second-order valence-corrected chi connectivity index (χ2v) is 7.73. The van der Waals surface area contributed by atoms with Crippen LogP contribution < -0.4 is 4.74 Å². The minimum atomic E-state index is -0.780. The lowest BCUT2D eigenvalue weighted by molar-refractivity contribution is 0.220. The number of likely N-dealkylation sites (N-methyl/N-ethyl adjacent to an activating group) is 1. The van der Waals surface area contributed by atoms with Crippen LogP contribution >= 0.6 is 15.9 Å². The molecule has 0 aliphatic heterocycles. The molecule has 0 aliphatic carbocycles. The number of benzene rings is 3. The second kappa shape index (κ2) is 9.24. The summed E-state index contributed by atoms with van der Waals surface area (Å²) in [5.74, 6) is 0.994. The Kier molecular flexibility index (Phi) is 6.73. The molecular weight excluding hydrogens is 418 g/mol. The number of halogens is 1. The summed E-state index contributed by atoms with van der Waals surface area (Å²) in [7, 11) is 4.01. The van der Waals surface area contributed by atoms with E-state index in [9.17, 15) is 10.2 Å². The van der Waals surface area contributed by atoms with Gasteiger partial charge in [0, 0.05) is 16.6 Å². The van der Waals surface area contributed by atoms with Crippen LogP contribution in [0.5, 0.6) is 11.5 Å². The molecule has 3 rings (SSSR count). The highest BCUT2D eigenvalue weighted by atomic mass is 79.9. The number of phenols is 1. The lowest BCUT2D eigenvalue weighted by Gasteiger charge is -2.18. The number of aliphatic hydroxyl groups excluding tert-OH is 1. The molecule has 2 N–H and O–H groups in total. The van der Waals surface area contributed by atoms with Crippen LogP contribution in [-0.4, -0.2) is 42.4 Å². The number of phenolic OH excluding ortho intramolecular Hbond substituents is 1. The topological polar surface area (TPSA) is 52.9 Å². The molecule has 3 aromatic carbocycles. The number of hydrogen-bond donors (Lipinski definition) is 2. The third-order valence-corrected chi connectivity index (χ3v) is 5.16. The fourth-order valence-corrected chi connectivity index (χ4v) is 3.58. The average molecular weight is 442 g/mol. The van der Waals surface area contributed by atoms with E-state index in [1.54, 1.807) is 12.1 Å². The van der Waals surface area contributed by atoms with Gasteiger partial charge in [-0.1, -0.05) is 52.3 Å². The first kappa shape index (κ1) is 20.4. The second-order valence-electron chi connectivity index (χ2n) is 6.87. The van der Waals surface area contributed by atoms with Crippen molar-refractivity contribution in [3.63, 3.8) is 0 Å². The van der Waals surface area contributed by atoms with Crippen molar-refractivity contribution in [1.29, 1.82) is 0 Å². The largest absolute Gasteiger partial charge is 0.508 e. The molecule has 0 fully saturated rings. The summed E-state index contributed by atoms with van der Waals surface area (Å²) in [6.07, 6.45) is -0.780. The Morgan fingerprint density at radius 2 is 1.64 bits per heavy atom. The maximum atomic E-state index is 11.0. The van der Waals surface area contributed by atoms with Gasteiger partial charge in [-0.3, -0.25) is 0 Å². The SMILES string of the molecule is CN(C)CCOc1ccc(C(O)c2cccc(Br)c2-c2ccc(O)cc2)cc1. The summed E-state index contributed by atoms with van der Waals surface area (Å²) in [6, 6.07) is 20.3. The van der Waals surface area contributed by atoms with Crippen LogP contribution in [0.4, 0.5) is 0 Å². The van der Waals surface area contributed by atoms with Crippen molar-refractivity contribution in [3.8, 4) is 22.6 Å². The number of nitrogens with zero attached hydrogens (tertiary/aromatic N) is 1. The molecule has 0 saturated carbocycles. The van der Waals surface area contributed by atoms with Gasteiger partial charge in [0.2, 0.25) is 0 Å². The Bertz CT molecular complexity index is 908. The van der Waals surface area contributed by atoms with E-state index in [4.69, 9.17) is 4.74 Å². The van der Waals surface area contributed by atoms with E-state index in [1.165, 1.54) is 0 Å². The van der Waals surface area contributed by atoms with Gasteiger partial charge < -0.3 is 19.8 Å². The number of aromatic hydroxyl groups is 1. The van der Waals surface area contributed by atoms with Gasteiger partial charge in [0.25, 0.3) is 0 Å². The first-order valence-corrected chi connectivity index (χ1v) is 9.88. The molecule has 0 radical (unpaired) electrons. The van der Waals surface area contributed by atoms with Gasteiger partial charge in [-0.15, -0.1) is 0 Å².